The predicted octanol–water partition coefficient (Wildman–Crippen LogP) is 2.24. The van der Waals surface area contributed by atoms with Crippen molar-refractivity contribution >= 4 is 17.6 Å². The molecule has 160 valence electrons. The molecule has 30 heavy (non-hydrogen) atoms. The van der Waals surface area contributed by atoms with Crippen LogP contribution in [-0.4, -0.2) is 66.4 Å². The van der Waals surface area contributed by atoms with Crippen molar-refractivity contribution in [3.05, 3.63) is 53.6 Å². The Balaban J connectivity index is 0.000000377. The van der Waals surface area contributed by atoms with Crippen molar-refractivity contribution < 1.29 is 29.3 Å². The number of nitrogens with zero attached hydrogens (tertiary/aromatic N) is 2. The van der Waals surface area contributed by atoms with Gasteiger partial charge in [0.2, 0.25) is 0 Å². The molecule has 0 radical (unpaired) electrons. The number of carboxylic acids is 2. The topological polar surface area (TPSA) is 99.5 Å². The number of piperazine rings is 1. The molecule has 0 saturated carbocycles. The van der Waals surface area contributed by atoms with E-state index in [1.54, 1.807) is 0 Å². The number of ether oxygens (including phenoxy) is 2. The number of aryl methyl sites for hydroxylation is 1. The molecule has 0 aliphatic carbocycles. The minimum Gasteiger partial charge on any atom is -0.486 e. The molecule has 0 spiro atoms. The summed E-state index contributed by atoms with van der Waals surface area (Å²) in [7, 11) is 0. The van der Waals surface area contributed by atoms with E-state index in [2.05, 4.69) is 53.1 Å². The van der Waals surface area contributed by atoms with E-state index in [-0.39, 0.29) is 0 Å². The van der Waals surface area contributed by atoms with Crippen LogP contribution in [0.1, 0.15) is 11.1 Å². The highest BCUT2D eigenvalue weighted by atomic mass is 16.6. The molecule has 4 rings (SSSR count). The van der Waals surface area contributed by atoms with Gasteiger partial charge >= 0.3 is 11.9 Å². The number of carbonyl (C=O) groups is 2. The molecule has 0 amide bonds. The summed E-state index contributed by atoms with van der Waals surface area (Å²) in [5.74, 6) is -1.91. The van der Waals surface area contributed by atoms with Gasteiger partial charge in [-0.15, -0.1) is 0 Å². The Morgan fingerprint density at radius 3 is 2.07 bits per heavy atom. The predicted molar refractivity (Wildman–Crippen MR) is 111 cm³/mol. The highest BCUT2D eigenvalue weighted by molar-refractivity contribution is 6.27. The normalized spacial score (nSPS) is 15.7. The van der Waals surface area contributed by atoms with E-state index < -0.39 is 11.9 Å². The highest BCUT2D eigenvalue weighted by Crippen LogP contribution is 2.34. The molecule has 8 nitrogen and oxygen atoms in total. The number of anilines is 1. The van der Waals surface area contributed by atoms with Crippen molar-refractivity contribution in [3.63, 3.8) is 0 Å². The zero-order chi connectivity index (χ0) is 21.5. The maximum atomic E-state index is 9.10. The van der Waals surface area contributed by atoms with Crippen LogP contribution in [0.5, 0.6) is 11.5 Å². The molecule has 1 fully saturated rings. The summed E-state index contributed by atoms with van der Waals surface area (Å²) >= 11 is 0. The Morgan fingerprint density at radius 2 is 1.47 bits per heavy atom. The average molecular weight is 414 g/mol. The lowest BCUT2D eigenvalue weighted by molar-refractivity contribution is -0.159. The zero-order valence-corrected chi connectivity index (χ0v) is 16.9. The summed E-state index contributed by atoms with van der Waals surface area (Å²) in [5, 5.41) is 14.8. The van der Waals surface area contributed by atoms with E-state index in [1.807, 2.05) is 6.07 Å². The molecular weight excluding hydrogens is 388 g/mol. The third-order valence-corrected chi connectivity index (χ3v) is 4.97. The van der Waals surface area contributed by atoms with Crippen LogP contribution in [0, 0.1) is 6.92 Å². The molecule has 0 atom stereocenters. The Morgan fingerprint density at radius 1 is 0.867 bits per heavy atom. The number of rotatable bonds is 3. The Hall–Kier alpha value is -3.26. The standard InChI is InChI=1S/C20H24N2O2.C2H2O4/c1-16-2-4-17(5-3-16)15-21-8-10-22(11-9-21)18-6-7-19-20(14-18)24-13-12-23-19;3-1(4)2(5)6/h2-7,14H,8-13,15H2,1H3;(H,3,4)(H,5,6). The summed E-state index contributed by atoms with van der Waals surface area (Å²) < 4.78 is 11.3. The molecule has 2 aromatic rings. The number of hydrogen-bond acceptors (Lipinski definition) is 6. The minimum absolute atomic E-state index is 0.640. The summed E-state index contributed by atoms with van der Waals surface area (Å²) in [6.45, 7) is 8.72. The monoisotopic (exact) mass is 414 g/mol. The number of aliphatic carboxylic acids is 2. The SMILES string of the molecule is Cc1ccc(CN2CCN(c3ccc4c(c3)OCCO4)CC2)cc1.O=C(O)C(=O)O. The van der Waals surface area contributed by atoms with E-state index in [4.69, 9.17) is 29.3 Å². The van der Waals surface area contributed by atoms with Crippen molar-refractivity contribution in [2.75, 3.05) is 44.3 Å². The Bertz CT molecular complexity index is 864. The van der Waals surface area contributed by atoms with E-state index in [0.29, 0.717) is 13.2 Å². The van der Waals surface area contributed by atoms with Crippen LogP contribution in [0.15, 0.2) is 42.5 Å². The fraction of sp³-hybridized carbons (Fsp3) is 0.364. The second-order valence-corrected chi connectivity index (χ2v) is 7.19. The van der Waals surface area contributed by atoms with Crippen LogP contribution in [0.4, 0.5) is 5.69 Å². The van der Waals surface area contributed by atoms with Gasteiger partial charge in [0, 0.05) is 44.5 Å². The van der Waals surface area contributed by atoms with Crippen LogP contribution in [0.25, 0.3) is 0 Å². The summed E-state index contributed by atoms with van der Waals surface area (Å²) in [5.41, 5.74) is 3.95. The fourth-order valence-corrected chi connectivity index (χ4v) is 3.34. The van der Waals surface area contributed by atoms with Gasteiger partial charge in [-0.05, 0) is 24.6 Å². The maximum absolute atomic E-state index is 9.10. The maximum Gasteiger partial charge on any atom is 0.414 e. The summed E-state index contributed by atoms with van der Waals surface area (Å²) in [6.07, 6.45) is 0. The van der Waals surface area contributed by atoms with Gasteiger partial charge in [-0.3, -0.25) is 4.90 Å². The first-order valence-corrected chi connectivity index (χ1v) is 9.81. The molecule has 2 heterocycles. The number of carboxylic acid groups (broad SMARTS) is 2. The Labute approximate surface area is 175 Å². The number of hydrogen-bond donors (Lipinski definition) is 2. The second-order valence-electron chi connectivity index (χ2n) is 7.19. The third-order valence-electron chi connectivity index (χ3n) is 4.97. The summed E-state index contributed by atoms with van der Waals surface area (Å²) in [4.78, 5) is 23.2. The van der Waals surface area contributed by atoms with Gasteiger partial charge in [-0.2, -0.15) is 0 Å². The van der Waals surface area contributed by atoms with Gasteiger partial charge in [0.1, 0.15) is 13.2 Å². The van der Waals surface area contributed by atoms with E-state index >= 15 is 0 Å². The molecule has 8 heteroatoms. The van der Waals surface area contributed by atoms with Gasteiger partial charge in [0.15, 0.2) is 11.5 Å². The number of fused-ring (bicyclic) bond motifs is 1. The smallest absolute Gasteiger partial charge is 0.414 e. The van der Waals surface area contributed by atoms with E-state index in [9.17, 15) is 0 Å². The first kappa shape index (κ1) is 21.4. The molecule has 0 aromatic heterocycles. The van der Waals surface area contributed by atoms with Crippen LogP contribution >= 0.6 is 0 Å². The van der Waals surface area contributed by atoms with Crippen LogP contribution < -0.4 is 14.4 Å². The van der Waals surface area contributed by atoms with Gasteiger partial charge in [0.25, 0.3) is 0 Å². The summed E-state index contributed by atoms with van der Waals surface area (Å²) in [6, 6.07) is 15.2. The van der Waals surface area contributed by atoms with E-state index in [1.165, 1.54) is 16.8 Å². The molecule has 0 unspecified atom stereocenters. The Kier molecular flexibility index (Phi) is 7.13. The van der Waals surface area contributed by atoms with Gasteiger partial charge < -0.3 is 24.6 Å². The van der Waals surface area contributed by atoms with Gasteiger partial charge in [0.05, 0.1) is 0 Å². The van der Waals surface area contributed by atoms with Gasteiger partial charge in [-0.25, -0.2) is 9.59 Å². The second kappa shape index (κ2) is 9.98. The van der Waals surface area contributed by atoms with Gasteiger partial charge in [-0.1, -0.05) is 29.8 Å². The molecule has 2 N–H and O–H groups in total. The van der Waals surface area contributed by atoms with E-state index in [0.717, 1.165) is 44.2 Å². The fourth-order valence-electron chi connectivity index (χ4n) is 3.34. The van der Waals surface area contributed by atoms with Crippen molar-refractivity contribution in [1.82, 2.24) is 4.90 Å². The van der Waals surface area contributed by atoms with Crippen molar-refractivity contribution in [2.45, 2.75) is 13.5 Å². The van der Waals surface area contributed by atoms with Crippen LogP contribution in [0.3, 0.4) is 0 Å². The molecule has 2 aliphatic heterocycles. The van der Waals surface area contributed by atoms with Crippen molar-refractivity contribution in [1.29, 1.82) is 0 Å². The zero-order valence-electron chi connectivity index (χ0n) is 16.9. The molecule has 2 aliphatic rings. The first-order valence-electron chi connectivity index (χ1n) is 9.81. The molecule has 2 aromatic carbocycles. The first-order chi connectivity index (χ1) is 14.4. The lowest BCUT2D eigenvalue weighted by Gasteiger charge is -2.36. The van der Waals surface area contributed by atoms with Crippen molar-refractivity contribution in [3.8, 4) is 11.5 Å². The molecular formula is C22H26N2O6. The van der Waals surface area contributed by atoms with Crippen LogP contribution in [0.2, 0.25) is 0 Å². The average Bonchev–Trinajstić information content (AvgIpc) is 2.76. The minimum atomic E-state index is -1.82. The highest BCUT2D eigenvalue weighted by Gasteiger charge is 2.19. The lowest BCUT2D eigenvalue weighted by Crippen LogP contribution is -2.46. The number of benzene rings is 2. The van der Waals surface area contributed by atoms with Crippen molar-refractivity contribution in [2.24, 2.45) is 0 Å². The molecule has 1 saturated heterocycles. The molecule has 0 bridgehead atoms. The lowest BCUT2D eigenvalue weighted by atomic mass is 10.1. The third kappa shape index (κ3) is 5.87. The quantitative estimate of drug-likeness (QED) is 0.738. The van der Waals surface area contributed by atoms with Crippen LogP contribution in [-0.2, 0) is 16.1 Å². The largest absolute Gasteiger partial charge is 0.486 e.